The van der Waals surface area contributed by atoms with Gasteiger partial charge in [-0.15, -0.1) is 0 Å². The molecule has 0 aromatic heterocycles. The average molecular weight is 295 g/mol. The van der Waals surface area contributed by atoms with Crippen LogP contribution in [0.5, 0.6) is 11.5 Å². The number of benzene rings is 2. The van der Waals surface area contributed by atoms with Gasteiger partial charge >= 0.3 is 0 Å². The van der Waals surface area contributed by atoms with Crippen LogP contribution < -0.4 is 0 Å². The van der Waals surface area contributed by atoms with E-state index in [1.54, 1.807) is 0 Å². The summed E-state index contributed by atoms with van der Waals surface area (Å²) in [7, 11) is -4.16. The van der Waals surface area contributed by atoms with Crippen LogP contribution in [0.1, 0.15) is 0 Å². The minimum Gasteiger partial charge on any atom is -0.508 e. The number of phenolic OH excluding ortho intramolecular Hbond substituents is 2. The SMILES string of the molecule is O=[N+]([O-])c1cccc(S(=O)(=O)c2cc(O)ccc2O)c1. The Bertz CT molecular complexity index is 784. The van der Waals surface area contributed by atoms with Crippen molar-refractivity contribution >= 4 is 15.5 Å². The smallest absolute Gasteiger partial charge is 0.270 e. The van der Waals surface area contributed by atoms with Gasteiger partial charge in [0.2, 0.25) is 9.84 Å². The number of nitrogens with zero attached hydrogens (tertiary/aromatic N) is 1. The molecule has 2 aromatic carbocycles. The number of hydrogen-bond acceptors (Lipinski definition) is 6. The fraction of sp³-hybridized carbons (Fsp3) is 0. The van der Waals surface area contributed by atoms with Crippen molar-refractivity contribution in [2.24, 2.45) is 0 Å². The molecule has 20 heavy (non-hydrogen) atoms. The first-order chi connectivity index (χ1) is 9.32. The Morgan fingerprint density at radius 1 is 1.05 bits per heavy atom. The summed E-state index contributed by atoms with van der Waals surface area (Å²) < 4.78 is 24.6. The highest BCUT2D eigenvalue weighted by Gasteiger charge is 2.24. The number of nitro groups is 1. The third-order valence-corrected chi connectivity index (χ3v) is 4.35. The van der Waals surface area contributed by atoms with Gasteiger partial charge in [-0.05, 0) is 18.2 Å². The van der Waals surface area contributed by atoms with Crippen LogP contribution in [0.3, 0.4) is 0 Å². The van der Waals surface area contributed by atoms with Gasteiger partial charge in [-0.25, -0.2) is 8.42 Å². The van der Waals surface area contributed by atoms with E-state index in [9.17, 15) is 28.7 Å². The quantitative estimate of drug-likeness (QED) is 0.506. The summed E-state index contributed by atoms with van der Waals surface area (Å²) in [5, 5.41) is 29.6. The van der Waals surface area contributed by atoms with Gasteiger partial charge in [-0.3, -0.25) is 10.1 Å². The van der Waals surface area contributed by atoms with Crippen molar-refractivity contribution in [2.75, 3.05) is 0 Å². The maximum atomic E-state index is 12.3. The predicted molar refractivity (Wildman–Crippen MR) is 68.3 cm³/mol. The molecule has 2 aromatic rings. The molecule has 0 saturated carbocycles. The second-order valence-corrected chi connectivity index (χ2v) is 5.83. The third-order valence-electron chi connectivity index (χ3n) is 2.57. The van der Waals surface area contributed by atoms with E-state index in [-0.39, 0.29) is 16.3 Å². The minimum atomic E-state index is -4.16. The fourth-order valence-electron chi connectivity index (χ4n) is 1.61. The fourth-order valence-corrected chi connectivity index (χ4v) is 3.02. The van der Waals surface area contributed by atoms with Crippen LogP contribution in [-0.4, -0.2) is 23.6 Å². The number of sulfone groups is 1. The highest BCUT2D eigenvalue weighted by atomic mass is 32.2. The molecular weight excluding hydrogens is 286 g/mol. The monoisotopic (exact) mass is 295 g/mol. The molecule has 0 fully saturated rings. The molecule has 0 spiro atoms. The summed E-state index contributed by atoms with van der Waals surface area (Å²) in [6, 6.07) is 7.47. The van der Waals surface area contributed by atoms with E-state index in [2.05, 4.69) is 0 Å². The maximum Gasteiger partial charge on any atom is 0.270 e. The lowest BCUT2D eigenvalue weighted by Crippen LogP contribution is -2.03. The molecule has 0 aliphatic carbocycles. The van der Waals surface area contributed by atoms with Gasteiger partial charge < -0.3 is 10.2 Å². The third kappa shape index (κ3) is 2.41. The molecule has 0 aliphatic rings. The van der Waals surface area contributed by atoms with Gasteiger partial charge in [0.15, 0.2) is 0 Å². The summed E-state index contributed by atoms with van der Waals surface area (Å²) >= 11 is 0. The van der Waals surface area contributed by atoms with Crippen molar-refractivity contribution < 1.29 is 23.6 Å². The molecule has 0 atom stereocenters. The lowest BCUT2D eigenvalue weighted by molar-refractivity contribution is -0.385. The number of rotatable bonds is 3. The number of aromatic hydroxyl groups is 2. The molecule has 104 valence electrons. The van der Waals surface area contributed by atoms with E-state index in [4.69, 9.17) is 0 Å². The predicted octanol–water partition coefficient (Wildman–Crippen LogP) is 1.84. The Labute approximate surface area is 113 Å². The highest BCUT2D eigenvalue weighted by Crippen LogP contribution is 2.32. The first-order valence-corrected chi connectivity index (χ1v) is 6.82. The van der Waals surface area contributed by atoms with E-state index in [1.165, 1.54) is 12.1 Å². The van der Waals surface area contributed by atoms with Gasteiger partial charge in [0.05, 0.1) is 9.82 Å². The lowest BCUT2D eigenvalue weighted by atomic mass is 10.3. The Hall–Kier alpha value is -2.61. The van der Waals surface area contributed by atoms with Crippen molar-refractivity contribution in [1.29, 1.82) is 0 Å². The molecule has 0 radical (unpaired) electrons. The van der Waals surface area contributed by atoms with E-state index >= 15 is 0 Å². The molecular formula is C12H9NO6S. The van der Waals surface area contributed by atoms with Gasteiger partial charge in [0.25, 0.3) is 5.69 Å². The number of nitro benzene ring substituents is 1. The molecule has 0 aliphatic heterocycles. The van der Waals surface area contributed by atoms with Crippen LogP contribution >= 0.6 is 0 Å². The van der Waals surface area contributed by atoms with E-state index < -0.39 is 25.4 Å². The van der Waals surface area contributed by atoms with E-state index in [0.29, 0.717) is 0 Å². The van der Waals surface area contributed by atoms with E-state index in [1.807, 2.05) is 0 Å². The van der Waals surface area contributed by atoms with Gasteiger partial charge in [-0.1, -0.05) is 6.07 Å². The first-order valence-electron chi connectivity index (χ1n) is 5.34. The minimum absolute atomic E-state index is 0.340. The Balaban J connectivity index is 2.64. The number of hydrogen-bond donors (Lipinski definition) is 2. The molecule has 0 saturated heterocycles. The van der Waals surface area contributed by atoms with Gasteiger partial charge in [0, 0.05) is 18.2 Å². The summed E-state index contributed by atoms with van der Waals surface area (Å²) in [6.45, 7) is 0. The summed E-state index contributed by atoms with van der Waals surface area (Å²) in [5.41, 5.74) is -0.384. The van der Waals surface area contributed by atoms with E-state index in [0.717, 1.165) is 30.3 Å². The zero-order valence-corrected chi connectivity index (χ0v) is 10.7. The van der Waals surface area contributed by atoms with Crippen molar-refractivity contribution in [3.05, 3.63) is 52.6 Å². The van der Waals surface area contributed by atoms with Crippen molar-refractivity contribution in [3.63, 3.8) is 0 Å². The number of non-ortho nitro benzene ring substituents is 1. The topological polar surface area (TPSA) is 118 Å². The molecule has 2 N–H and O–H groups in total. The van der Waals surface area contributed by atoms with Crippen molar-refractivity contribution in [3.8, 4) is 11.5 Å². The first kappa shape index (κ1) is 13.8. The van der Waals surface area contributed by atoms with Crippen LogP contribution in [-0.2, 0) is 9.84 Å². The summed E-state index contributed by atoms with van der Waals surface area (Å²) in [4.78, 5) is 9.08. The zero-order valence-electron chi connectivity index (χ0n) is 9.92. The standard InChI is InChI=1S/C12H9NO6S/c14-9-4-5-11(15)12(7-9)20(18,19)10-3-1-2-8(6-10)13(16)17/h1-7,14-15H. The zero-order chi connectivity index (χ0) is 14.9. The lowest BCUT2D eigenvalue weighted by Gasteiger charge is -2.07. The Morgan fingerprint density at radius 3 is 2.40 bits per heavy atom. The van der Waals surface area contributed by atoms with Crippen LogP contribution in [0, 0.1) is 10.1 Å². The maximum absolute atomic E-state index is 12.3. The van der Waals surface area contributed by atoms with Gasteiger partial charge in [0.1, 0.15) is 16.4 Å². The molecule has 0 amide bonds. The van der Waals surface area contributed by atoms with Crippen LogP contribution in [0.15, 0.2) is 52.3 Å². The molecule has 8 heteroatoms. The second kappa shape index (κ2) is 4.82. The molecule has 0 unspecified atom stereocenters. The summed E-state index contributed by atoms with van der Waals surface area (Å²) in [5.74, 6) is -0.888. The average Bonchev–Trinajstić information content (AvgIpc) is 2.41. The van der Waals surface area contributed by atoms with Crippen LogP contribution in [0.2, 0.25) is 0 Å². The molecule has 0 heterocycles. The van der Waals surface area contributed by atoms with Gasteiger partial charge in [-0.2, -0.15) is 0 Å². The Morgan fingerprint density at radius 2 is 1.75 bits per heavy atom. The highest BCUT2D eigenvalue weighted by molar-refractivity contribution is 7.91. The summed E-state index contributed by atoms with van der Waals surface area (Å²) in [6.07, 6.45) is 0. The molecule has 0 bridgehead atoms. The Kier molecular flexibility index (Phi) is 3.33. The van der Waals surface area contributed by atoms with Crippen LogP contribution in [0.4, 0.5) is 5.69 Å². The van der Waals surface area contributed by atoms with Crippen LogP contribution in [0.25, 0.3) is 0 Å². The van der Waals surface area contributed by atoms with Crippen molar-refractivity contribution in [1.82, 2.24) is 0 Å². The van der Waals surface area contributed by atoms with Crippen molar-refractivity contribution in [2.45, 2.75) is 9.79 Å². The molecule has 2 rings (SSSR count). The number of phenols is 2. The second-order valence-electron chi connectivity index (χ2n) is 3.91. The normalized spacial score (nSPS) is 11.2. The molecule has 7 nitrogen and oxygen atoms in total. The largest absolute Gasteiger partial charge is 0.508 e.